The molecule has 148 valence electrons. The van der Waals surface area contributed by atoms with E-state index >= 15 is 0 Å². The molecular weight excluding hydrogens is 372 g/mol. The zero-order chi connectivity index (χ0) is 19.0. The largest absolute Gasteiger partial charge is 0.376 e. The summed E-state index contributed by atoms with van der Waals surface area (Å²) in [6, 6.07) is 0. The van der Waals surface area contributed by atoms with Crippen LogP contribution in [0.15, 0.2) is 13.9 Å². The topological polar surface area (TPSA) is 112 Å². The molecule has 0 aromatic carbocycles. The molecular formula is C17H24N4O5S. The Morgan fingerprint density at radius 1 is 1.19 bits per heavy atom. The zero-order valence-electron chi connectivity index (χ0n) is 15.5. The number of aryl methyl sites for hydroxylation is 2. The van der Waals surface area contributed by atoms with Crippen LogP contribution in [0.25, 0.3) is 0 Å². The van der Waals surface area contributed by atoms with Crippen molar-refractivity contribution in [3.05, 3.63) is 23.2 Å². The van der Waals surface area contributed by atoms with Crippen molar-refractivity contribution in [3.63, 3.8) is 0 Å². The van der Waals surface area contributed by atoms with Crippen molar-refractivity contribution < 1.29 is 22.2 Å². The summed E-state index contributed by atoms with van der Waals surface area (Å²) in [5, 5.41) is 7.74. The van der Waals surface area contributed by atoms with E-state index in [9.17, 15) is 8.42 Å². The van der Waals surface area contributed by atoms with Gasteiger partial charge in [0.2, 0.25) is 15.9 Å². The van der Waals surface area contributed by atoms with Gasteiger partial charge >= 0.3 is 0 Å². The van der Waals surface area contributed by atoms with Crippen LogP contribution in [0.4, 0.5) is 0 Å². The summed E-state index contributed by atoms with van der Waals surface area (Å²) in [6.07, 6.45) is 4.23. The monoisotopic (exact) mass is 396 g/mol. The SMILES string of the molecule is Cc1noc(C)c1S(=O)(=O)N1CCCC(OCCc2noc(C3CC3)n2)C1. The summed E-state index contributed by atoms with van der Waals surface area (Å²) in [7, 11) is -3.63. The lowest BCUT2D eigenvalue weighted by atomic mass is 10.1. The average molecular weight is 396 g/mol. The minimum atomic E-state index is -3.63. The summed E-state index contributed by atoms with van der Waals surface area (Å²) in [5.41, 5.74) is 0.388. The Morgan fingerprint density at radius 3 is 2.70 bits per heavy atom. The van der Waals surface area contributed by atoms with Gasteiger partial charge < -0.3 is 13.8 Å². The van der Waals surface area contributed by atoms with Crippen LogP contribution < -0.4 is 0 Å². The quantitative estimate of drug-likeness (QED) is 0.698. The molecule has 1 aliphatic carbocycles. The summed E-state index contributed by atoms with van der Waals surface area (Å²) < 4.78 is 43.5. The van der Waals surface area contributed by atoms with Gasteiger partial charge in [-0.2, -0.15) is 9.29 Å². The van der Waals surface area contributed by atoms with Crippen molar-refractivity contribution in [2.45, 2.75) is 62.9 Å². The minimum Gasteiger partial charge on any atom is -0.376 e. The lowest BCUT2D eigenvalue weighted by molar-refractivity contribution is 0.0198. The predicted octanol–water partition coefficient (Wildman–Crippen LogP) is 1.96. The first kappa shape index (κ1) is 18.6. The zero-order valence-corrected chi connectivity index (χ0v) is 16.4. The van der Waals surface area contributed by atoms with Gasteiger partial charge in [-0.15, -0.1) is 0 Å². The molecule has 2 aromatic heterocycles. The van der Waals surface area contributed by atoms with E-state index in [0.717, 1.165) is 31.6 Å². The summed E-state index contributed by atoms with van der Waals surface area (Å²) in [4.78, 5) is 4.55. The maximum absolute atomic E-state index is 12.9. The van der Waals surface area contributed by atoms with Crippen molar-refractivity contribution in [2.75, 3.05) is 19.7 Å². The molecule has 0 bridgehead atoms. The fourth-order valence-corrected chi connectivity index (χ4v) is 5.21. The number of nitrogens with zero attached hydrogens (tertiary/aromatic N) is 4. The van der Waals surface area contributed by atoms with Crippen LogP contribution in [-0.4, -0.2) is 53.8 Å². The number of rotatable bonds is 7. The van der Waals surface area contributed by atoms with Gasteiger partial charge in [0, 0.05) is 25.4 Å². The Hall–Kier alpha value is -1.78. The van der Waals surface area contributed by atoms with Gasteiger partial charge in [0.25, 0.3) is 0 Å². The molecule has 2 fully saturated rings. The molecule has 1 unspecified atom stereocenters. The second-order valence-electron chi connectivity index (χ2n) is 7.22. The molecule has 27 heavy (non-hydrogen) atoms. The van der Waals surface area contributed by atoms with Crippen LogP contribution in [-0.2, 0) is 21.2 Å². The molecule has 1 aliphatic heterocycles. The van der Waals surface area contributed by atoms with E-state index in [4.69, 9.17) is 13.8 Å². The van der Waals surface area contributed by atoms with Gasteiger partial charge in [0.15, 0.2) is 11.6 Å². The first-order valence-electron chi connectivity index (χ1n) is 9.32. The number of piperidine rings is 1. The van der Waals surface area contributed by atoms with Gasteiger partial charge in [-0.05, 0) is 39.5 Å². The number of ether oxygens (including phenoxy) is 1. The standard InChI is InChI=1S/C17H24N4O5S/c1-11-16(12(2)25-19-11)27(22,23)21-8-3-4-14(10-21)24-9-7-15-18-17(26-20-15)13-5-6-13/h13-14H,3-10H2,1-2H3. The Morgan fingerprint density at radius 2 is 2.00 bits per heavy atom. The van der Waals surface area contributed by atoms with Crippen LogP contribution in [0.3, 0.4) is 0 Å². The van der Waals surface area contributed by atoms with Gasteiger partial charge in [-0.25, -0.2) is 8.42 Å². The maximum Gasteiger partial charge on any atom is 0.248 e. The Labute approximate surface area is 158 Å². The fraction of sp³-hybridized carbons (Fsp3) is 0.706. The molecule has 10 heteroatoms. The van der Waals surface area contributed by atoms with E-state index < -0.39 is 10.0 Å². The third-order valence-electron chi connectivity index (χ3n) is 5.00. The minimum absolute atomic E-state index is 0.149. The molecule has 9 nitrogen and oxygen atoms in total. The molecule has 0 spiro atoms. The van der Waals surface area contributed by atoms with Crippen LogP contribution in [0, 0.1) is 13.8 Å². The lowest BCUT2D eigenvalue weighted by Gasteiger charge is -2.31. The highest BCUT2D eigenvalue weighted by molar-refractivity contribution is 7.89. The van der Waals surface area contributed by atoms with Gasteiger partial charge in [-0.1, -0.05) is 10.3 Å². The second kappa shape index (κ2) is 7.33. The van der Waals surface area contributed by atoms with Crippen LogP contribution >= 0.6 is 0 Å². The number of aromatic nitrogens is 3. The third-order valence-corrected chi connectivity index (χ3v) is 7.11. The van der Waals surface area contributed by atoms with Gasteiger partial charge in [-0.3, -0.25) is 0 Å². The van der Waals surface area contributed by atoms with E-state index in [2.05, 4.69) is 15.3 Å². The third kappa shape index (κ3) is 3.92. The summed E-state index contributed by atoms with van der Waals surface area (Å²) in [6.45, 7) is 4.50. The summed E-state index contributed by atoms with van der Waals surface area (Å²) >= 11 is 0. The molecule has 3 heterocycles. The molecule has 2 aromatic rings. The Balaban J connectivity index is 1.33. The smallest absolute Gasteiger partial charge is 0.248 e. The van der Waals surface area contributed by atoms with Gasteiger partial charge in [0.1, 0.15) is 10.6 Å². The highest BCUT2D eigenvalue weighted by Crippen LogP contribution is 2.38. The van der Waals surface area contributed by atoms with Crippen molar-refractivity contribution in [1.82, 2.24) is 19.6 Å². The van der Waals surface area contributed by atoms with E-state index in [1.165, 1.54) is 4.31 Å². The van der Waals surface area contributed by atoms with Crippen molar-refractivity contribution in [3.8, 4) is 0 Å². The highest BCUT2D eigenvalue weighted by Gasteiger charge is 2.35. The number of hydrogen-bond acceptors (Lipinski definition) is 8. The maximum atomic E-state index is 12.9. The van der Waals surface area contributed by atoms with Crippen LogP contribution in [0.1, 0.15) is 54.8 Å². The van der Waals surface area contributed by atoms with Crippen LogP contribution in [0.5, 0.6) is 0 Å². The number of sulfonamides is 1. The first-order chi connectivity index (χ1) is 12.9. The Bertz CT molecular complexity index is 883. The van der Waals surface area contributed by atoms with E-state index in [1.54, 1.807) is 13.8 Å². The van der Waals surface area contributed by atoms with Crippen molar-refractivity contribution in [1.29, 1.82) is 0 Å². The normalized spacial score (nSPS) is 21.6. The fourth-order valence-electron chi connectivity index (χ4n) is 3.41. The molecule has 1 atom stereocenters. The molecule has 0 radical (unpaired) electrons. The Kier molecular flexibility index (Phi) is 5.04. The van der Waals surface area contributed by atoms with Crippen LogP contribution in [0.2, 0.25) is 0 Å². The van der Waals surface area contributed by atoms with E-state index in [1.807, 2.05) is 0 Å². The molecule has 0 amide bonds. The predicted molar refractivity (Wildman–Crippen MR) is 93.7 cm³/mol. The average Bonchev–Trinajstić information content (AvgIpc) is 3.29. The molecule has 0 N–H and O–H groups in total. The van der Waals surface area contributed by atoms with Gasteiger partial charge in [0.05, 0.1) is 12.7 Å². The molecule has 2 aliphatic rings. The molecule has 4 rings (SSSR count). The van der Waals surface area contributed by atoms with E-state index in [-0.39, 0.29) is 11.0 Å². The lowest BCUT2D eigenvalue weighted by Crippen LogP contribution is -2.43. The molecule has 1 saturated heterocycles. The number of hydrogen-bond donors (Lipinski definition) is 0. The second-order valence-corrected chi connectivity index (χ2v) is 9.10. The highest BCUT2D eigenvalue weighted by atomic mass is 32.2. The van der Waals surface area contributed by atoms with E-state index in [0.29, 0.717) is 49.3 Å². The molecule has 1 saturated carbocycles. The van der Waals surface area contributed by atoms with Crippen molar-refractivity contribution in [2.24, 2.45) is 0 Å². The first-order valence-corrected chi connectivity index (χ1v) is 10.8. The summed E-state index contributed by atoms with van der Waals surface area (Å²) in [5.74, 6) is 2.13. The van der Waals surface area contributed by atoms with Crippen molar-refractivity contribution >= 4 is 10.0 Å².